The molecule has 0 radical (unpaired) electrons. The van der Waals surface area contributed by atoms with Crippen molar-refractivity contribution in [2.24, 2.45) is 5.84 Å². The Morgan fingerprint density at radius 3 is 2.50 bits per heavy atom. The van der Waals surface area contributed by atoms with Gasteiger partial charge in [0.15, 0.2) is 0 Å². The van der Waals surface area contributed by atoms with Crippen LogP contribution in [0.3, 0.4) is 0 Å². The van der Waals surface area contributed by atoms with Gasteiger partial charge in [0.1, 0.15) is 12.4 Å². The van der Waals surface area contributed by atoms with Crippen LogP contribution in [0.1, 0.15) is 11.1 Å². The Kier molecular flexibility index (Phi) is 5.41. The minimum Gasteiger partial charge on any atom is -0.492 e. The van der Waals surface area contributed by atoms with Crippen LogP contribution >= 0.6 is 11.6 Å². The van der Waals surface area contributed by atoms with E-state index < -0.39 is 0 Å². The molecule has 0 saturated heterocycles. The van der Waals surface area contributed by atoms with E-state index in [1.165, 1.54) is 11.1 Å². The van der Waals surface area contributed by atoms with Crippen molar-refractivity contribution < 1.29 is 4.74 Å². The van der Waals surface area contributed by atoms with Gasteiger partial charge in [-0.25, -0.2) is 0 Å². The molecule has 3 N–H and O–H groups in total. The van der Waals surface area contributed by atoms with Crippen LogP contribution < -0.4 is 16.0 Å². The highest BCUT2D eigenvalue weighted by molar-refractivity contribution is 6.30. The molecule has 0 spiro atoms. The molecule has 3 nitrogen and oxygen atoms in total. The van der Waals surface area contributed by atoms with E-state index >= 15 is 0 Å². The Balaban J connectivity index is 1.92. The van der Waals surface area contributed by atoms with Crippen molar-refractivity contribution in [2.45, 2.75) is 19.4 Å². The van der Waals surface area contributed by atoms with Gasteiger partial charge in [0.25, 0.3) is 0 Å². The molecule has 0 aromatic heterocycles. The van der Waals surface area contributed by atoms with Crippen LogP contribution in [0.4, 0.5) is 0 Å². The third-order valence-corrected chi connectivity index (χ3v) is 3.48. The lowest BCUT2D eigenvalue weighted by Gasteiger charge is -2.18. The minimum atomic E-state index is 0.0618. The summed E-state index contributed by atoms with van der Waals surface area (Å²) in [5.41, 5.74) is 5.34. The average molecular weight is 291 g/mol. The molecule has 2 aromatic carbocycles. The summed E-state index contributed by atoms with van der Waals surface area (Å²) in [7, 11) is 0. The number of ether oxygens (including phenoxy) is 1. The molecule has 0 aliphatic heterocycles. The number of benzene rings is 2. The van der Waals surface area contributed by atoms with Crippen LogP contribution in [-0.2, 0) is 6.42 Å². The standard InChI is InChI=1S/C16H19ClN2O/c1-12-4-2-3-5-13(12)10-15(19-18)11-20-16-8-6-14(17)7-9-16/h2-9,15,19H,10-11,18H2,1H3. The van der Waals surface area contributed by atoms with Crippen LogP contribution in [0.5, 0.6) is 5.75 Å². The Morgan fingerprint density at radius 2 is 1.85 bits per heavy atom. The van der Waals surface area contributed by atoms with E-state index in [2.05, 4.69) is 24.5 Å². The van der Waals surface area contributed by atoms with E-state index in [0.29, 0.717) is 11.6 Å². The van der Waals surface area contributed by atoms with Crippen LogP contribution in [-0.4, -0.2) is 12.6 Å². The highest BCUT2D eigenvalue weighted by atomic mass is 35.5. The molecule has 0 aliphatic rings. The summed E-state index contributed by atoms with van der Waals surface area (Å²) >= 11 is 5.84. The van der Waals surface area contributed by atoms with Crippen molar-refractivity contribution in [1.82, 2.24) is 5.43 Å². The average Bonchev–Trinajstić information content (AvgIpc) is 2.47. The van der Waals surface area contributed by atoms with Gasteiger partial charge in [0, 0.05) is 5.02 Å². The summed E-state index contributed by atoms with van der Waals surface area (Å²) in [6, 6.07) is 15.7. The molecule has 0 bridgehead atoms. The zero-order valence-electron chi connectivity index (χ0n) is 11.5. The van der Waals surface area contributed by atoms with Crippen molar-refractivity contribution in [1.29, 1.82) is 0 Å². The molecule has 0 fully saturated rings. The number of hydrazine groups is 1. The molecule has 1 atom stereocenters. The maximum absolute atomic E-state index is 5.84. The zero-order chi connectivity index (χ0) is 14.4. The van der Waals surface area contributed by atoms with Crippen molar-refractivity contribution in [2.75, 3.05) is 6.61 Å². The number of nitrogens with one attached hydrogen (secondary N) is 1. The van der Waals surface area contributed by atoms with Gasteiger partial charge in [-0.3, -0.25) is 11.3 Å². The lowest BCUT2D eigenvalue weighted by Crippen LogP contribution is -2.41. The third-order valence-electron chi connectivity index (χ3n) is 3.23. The van der Waals surface area contributed by atoms with E-state index in [0.717, 1.165) is 12.2 Å². The number of hydrogen-bond acceptors (Lipinski definition) is 3. The summed E-state index contributed by atoms with van der Waals surface area (Å²) < 4.78 is 5.72. The second-order valence-electron chi connectivity index (χ2n) is 4.76. The predicted octanol–water partition coefficient (Wildman–Crippen LogP) is 3.10. The molecule has 0 heterocycles. The molecular weight excluding hydrogens is 272 g/mol. The van der Waals surface area contributed by atoms with E-state index in [9.17, 15) is 0 Å². The summed E-state index contributed by atoms with van der Waals surface area (Å²) in [4.78, 5) is 0. The molecule has 0 amide bonds. The van der Waals surface area contributed by atoms with E-state index in [4.69, 9.17) is 22.2 Å². The van der Waals surface area contributed by atoms with Gasteiger partial charge in [-0.2, -0.15) is 0 Å². The molecule has 0 saturated carbocycles. The topological polar surface area (TPSA) is 47.3 Å². The van der Waals surface area contributed by atoms with E-state index in [-0.39, 0.29) is 6.04 Å². The van der Waals surface area contributed by atoms with Crippen LogP contribution in [0, 0.1) is 6.92 Å². The van der Waals surface area contributed by atoms with Crippen LogP contribution in [0.15, 0.2) is 48.5 Å². The Hall–Kier alpha value is -1.55. The molecule has 4 heteroatoms. The summed E-state index contributed by atoms with van der Waals surface area (Å²) in [5.74, 6) is 6.40. The number of halogens is 1. The summed E-state index contributed by atoms with van der Waals surface area (Å²) in [6.45, 7) is 2.61. The maximum Gasteiger partial charge on any atom is 0.119 e. The van der Waals surface area contributed by atoms with Gasteiger partial charge < -0.3 is 4.74 Å². The highest BCUT2D eigenvalue weighted by Crippen LogP contribution is 2.16. The highest BCUT2D eigenvalue weighted by Gasteiger charge is 2.10. The Morgan fingerprint density at radius 1 is 1.15 bits per heavy atom. The minimum absolute atomic E-state index is 0.0618. The van der Waals surface area contributed by atoms with Crippen molar-refractivity contribution >= 4 is 11.6 Å². The van der Waals surface area contributed by atoms with Gasteiger partial charge >= 0.3 is 0 Å². The number of aryl methyl sites for hydroxylation is 1. The Labute approximate surface area is 124 Å². The fraction of sp³-hybridized carbons (Fsp3) is 0.250. The smallest absolute Gasteiger partial charge is 0.119 e. The number of nitrogens with two attached hydrogens (primary N) is 1. The third kappa shape index (κ3) is 4.23. The Bertz CT molecular complexity index is 542. The number of rotatable bonds is 6. The van der Waals surface area contributed by atoms with Gasteiger partial charge in [-0.1, -0.05) is 35.9 Å². The molecule has 20 heavy (non-hydrogen) atoms. The molecular formula is C16H19ClN2O. The van der Waals surface area contributed by atoms with Crippen molar-refractivity contribution in [3.05, 3.63) is 64.7 Å². The first-order chi connectivity index (χ1) is 9.69. The number of hydrogen-bond donors (Lipinski definition) is 2. The van der Waals surface area contributed by atoms with Crippen LogP contribution in [0.25, 0.3) is 0 Å². The molecule has 1 unspecified atom stereocenters. The second-order valence-corrected chi connectivity index (χ2v) is 5.20. The van der Waals surface area contributed by atoms with Gasteiger partial charge in [0.2, 0.25) is 0 Å². The second kappa shape index (κ2) is 7.29. The zero-order valence-corrected chi connectivity index (χ0v) is 12.2. The van der Waals surface area contributed by atoms with E-state index in [1.54, 1.807) is 0 Å². The fourth-order valence-corrected chi connectivity index (χ4v) is 2.12. The molecule has 106 valence electrons. The van der Waals surface area contributed by atoms with Crippen molar-refractivity contribution in [3.8, 4) is 5.75 Å². The largest absolute Gasteiger partial charge is 0.492 e. The SMILES string of the molecule is Cc1ccccc1CC(COc1ccc(Cl)cc1)NN. The van der Waals surface area contributed by atoms with Gasteiger partial charge in [-0.05, 0) is 48.7 Å². The predicted molar refractivity (Wildman–Crippen MR) is 82.9 cm³/mol. The molecule has 2 aromatic rings. The quantitative estimate of drug-likeness (QED) is 0.635. The van der Waals surface area contributed by atoms with Gasteiger partial charge in [0.05, 0.1) is 6.04 Å². The van der Waals surface area contributed by atoms with Crippen molar-refractivity contribution in [3.63, 3.8) is 0 Å². The lowest BCUT2D eigenvalue weighted by molar-refractivity contribution is 0.264. The first kappa shape index (κ1) is 14.9. The first-order valence-corrected chi connectivity index (χ1v) is 6.96. The normalized spacial score (nSPS) is 12.2. The van der Waals surface area contributed by atoms with Crippen LogP contribution in [0.2, 0.25) is 5.02 Å². The molecule has 2 rings (SSSR count). The molecule has 0 aliphatic carbocycles. The van der Waals surface area contributed by atoms with E-state index in [1.807, 2.05) is 36.4 Å². The van der Waals surface area contributed by atoms with Gasteiger partial charge in [-0.15, -0.1) is 0 Å². The summed E-state index contributed by atoms with van der Waals surface area (Å²) in [5, 5.41) is 0.700. The summed E-state index contributed by atoms with van der Waals surface area (Å²) in [6.07, 6.45) is 0.830. The lowest BCUT2D eigenvalue weighted by atomic mass is 10.0. The fourth-order valence-electron chi connectivity index (χ4n) is 2.00. The monoisotopic (exact) mass is 290 g/mol. The maximum atomic E-state index is 5.84. The first-order valence-electron chi connectivity index (χ1n) is 6.58.